The number of carbonyl (C=O) groups is 2. The summed E-state index contributed by atoms with van der Waals surface area (Å²) in [5, 5.41) is 14.5. The van der Waals surface area contributed by atoms with Crippen LogP contribution in [0.1, 0.15) is 19.3 Å². The van der Waals surface area contributed by atoms with Gasteiger partial charge in [-0.1, -0.05) is 0 Å². The molecule has 6 nitrogen and oxygen atoms in total. The monoisotopic (exact) mass is 356 g/mol. The first-order valence-corrected chi connectivity index (χ1v) is 7.42. The van der Waals surface area contributed by atoms with E-state index in [2.05, 4.69) is 26.6 Å². The summed E-state index contributed by atoms with van der Waals surface area (Å²) in [6, 6.07) is 4.80. The molecular formula is C14H17BrN2O4. The zero-order chi connectivity index (χ0) is 15.4. The summed E-state index contributed by atoms with van der Waals surface area (Å²) in [5.41, 5.74) is 0.632. The number of rotatable bonds is 4. The Bertz CT molecular complexity index is 550. The van der Waals surface area contributed by atoms with Gasteiger partial charge in [-0.15, -0.1) is 0 Å². The van der Waals surface area contributed by atoms with Crippen molar-refractivity contribution >= 4 is 33.6 Å². The maximum Gasteiger partial charge on any atom is 0.319 e. The van der Waals surface area contributed by atoms with Crippen molar-refractivity contribution < 1.29 is 19.4 Å². The Balaban J connectivity index is 1.88. The number of nitrogens with one attached hydrogen (secondary N) is 2. The molecule has 1 aliphatic rings. The third kappa shape index (κ3) is 4.10. The van der Waals surface area contributed by atoms with E-state index in [0.717, 1.165) is 4.47 Å². The summed E-state index contributed by atoms with van der Waals surface area (Å²) in [7, 11) is 1.57. The van der Waals surface area contributed by atoms with Crippen LogP contribution < -0.4 is 15.4 Å². The number of urea groups is 1. The van der Waals surface area contributed by atoms with E-state index in [9.17, 15) is 9.59 Å². The van der Waals surface area contributed by atoms with Gasteiger partial charge in [-0.3, -0.25) is 4.79 Å². The largest absolute Gasteiger partial charge is 0.496 e. The molecule has 2 amide bonds. The van der Waals surface area contributed by atoms with Crippen molar-refractivity contribution in [2.75, 3.05) is 12.4 Å². The fraction of sp³-hybridized carbons (Fsp3) is 0.429. The van der Waals surface area contributed by atoms with E-state index in [4.69, 9.17) is 9.84 Å². The van der Waals surface area contributed by atoms with Gasteiger partial charge in [0.2, 0.25) is 0 Å². The van der Waals surface area contributed by atoms with Gasteiger partial charge in [0.25, 0.3) is 0 Å². The van der Waals surface area contributed by atoms with E-state index in [0.29, 0.717) is 30.7 Å². The second kappa shape index (κ2) is 6.80. The Morgan fingerprint density at radius 2 is 2.14 bits per heavy atom. The van der Waals surface area contributed by atoms with E-state index in [1.54, 1.807) is 25.3 Å². The van der Waals surface area contributed by atoms with Crippen molar-refractivity contribution in [2.45, 2.75) is 25.3 Å². The third-order valence-corrected chi connectivity index (χ3v) is 4.15. The maximum atomic E-state index is 11.9. The smallest absolute Gasteiger partial charge is 0.319 e. The Hall–Kier alpha value is -1.76. The number of carboxylic acids is 1. The van der Waals surface area contributed by atoms with Gasteiger partial charge in [-0.2, -0.15) is 0 Å². The number of benzene rings is 1. The number of ether oxygens (including phenoxy) is 1. The van der Waals surface area contributed by atoms with Crippen LogP contribution in [-0.2, 0) is 4.79 Å². The minimum Gasteiger partial charge on any atom is -0.496 e. The average molecular weight is 357 g/mol. The summed E-state index contributed by atoms with van der Waals surface area (Å²) >= 11 is 3.35. The first-order chi connectivity index (χ1) is 9.99. The van der Waals surface area contributed by atoms with Crippen molar-refractivity contribution in [1.82, 2.24) is 5.32 Å². The molecule has 0 bridgehead atoms. The van der Waals surface area contributed by atoms with E-state index in [1.807, 2.05) is 0 Å². The molecule has 1 aromatic rings. The molecule has 0 aromatic heterocycles. The summed E-state index contributed by atoms with van der Waals surface area (Å²) in [6.07, 6.45) is 1.78. The van der Waals surface area contributed by atoms with Gasteiger partial charge < -0.3 is 20.5 Å². The molecule has 2 unspecified atom stereocenters. The van der Waals surface area contributed by atoms with Gasteiger partial charge in [0.05, 0.1) is 17.5 Å². The minimum absolute atomic E-state index is 0.0900. The Kier molecular flexibility index (Phi) is 5.06. The van der Waals surface area contributed by atoms with Crippen LogP contribution in [0.3, 0.4) is 0 Å². The predicted octanol–water partition coefficient (Wildman–Crippen LogP) is 2.83. The topological polar surface area (TPSA) is 87.7 Å². The average Bonchev–Trinajstić information content (AvgIpc) is 2.87. The van der Waals surface area contributed by atoms with Crippen molar-refractivity contribution in [3.8, 4) is 5.75 Å². The number of amides is 2. The molecule has 3 N–H and O–H groups in total. The normalized spacial score (nSPS) is 20.9. The predicted molar refractivity (Wildman–Crippen MR) is 81.6 cm³/mol. The molecule has 21 heavy (non-hydrogen) atoms. The lowest BCUT2D eigenvalue weighted by molar-refractivity contribution is -0.141. The summed E-state index contributed by atoms with van der Waals surface area (Å²) in [4.78, 5) is 22.8. The van der Waals surface area contributed by atoms with Crippen molar-refractivity contribution in [3.05, 3.63) is 22.7 Å². The number of anilines is 1. The Morgan fingerprint density at radius 1 is 1.38 bits per heavy atom. The summed E-state index contributed by atoms with van der Waals surface area (Å²) < 4.78 is 5.86. The second-order valence-electron chi connectivity index (χ2n) is 4.99. The maximum absolute atomic E-state index is 11.9. The molecule has 0 spiro atoms. The molecule has 7 heteroatoms. The van der Waals surface area contributed by atoms with Gasteiger partial charge in [-0.05, 0) is 53.4 Å². The van der Waals surface area contributed by atoms with Crippen LogP contribution in [0.2, 0.25) is 0 Å². The second-order valence-corrected chi connectivity index (χ2v) is 5.85. The number of hydrogen-bond donors (Lipinski definition) is 3. The van der Waals surface area contributed by atoms with Crippen LogP contribution in [0.4, 0.5) is 10.5 Å². The van der Waals surface area contributed by atoms with Crippen LogP contribution in [0.5, 0.6) is 5.75 Å². The number of hydrogen-bond acceptors (Lipinski definition) is 3. The van der Waals surface area contributed by atoms with Crippen LogP contribution in [-0.4, -0.2) is 30.3 Å². The van der Waals surface area contributed by atoms with Crippen molar-refractivity contribution in [2.24, 2.45) is 5.92 Å². The van der Waals surface area contributed by atoms with Gasteiger partial charge in [0, 0.05) is 11.7 Å². The molecule has 1 saturated carbocycles. The SMILES string of the molecule is COc1ccc(NC(=O)NC2CCC(C(=O)O)C2)cc1Br. The molecule has 0 saturated heterocycles. The molecule has 1 aromatic carbocycles. The van der Waals surface area contributed by atoms with Crippen molar-refractivity contribution in [3.63, 3.8) is 0 Å². The highest BCUT2D eigenvalue weighted by Gasteiger charge is 2.30. The van der Waals surface area contributed by atoms with Gasteiger partial charge in [0.1, 0.15) is 5.75 Å². The van der Waals surface area contributed by atoms with Crippen LogP contribution >= 0.6 is 15.9 Å². The van der Waals surface area contributed by atoms with Crippen molar-refractivity contribution in [1.29, 1.82) is 0 Å². The Morgan fingerprint density at radius 3 is 2.71 bits per heavy atom. The van der Waals surface area contributed by atoms with Crippen LogP contribution in [0.25, 0.3) is 0 Å². The van der Waals surface area contributed by atoms with Gasteiger partial charge in [-0.25, -0.2) is 4.79 Å². The molecule has 0 heterocycles. The molecule has 1 fully saturated rings. The van der Waals surface area contributed by atoms with E-state index in [-0.39, 0.29) is 18.0 Å². The third-order valence-electron chi connectivity index (χ3n) is 3.53. The quantitative estimate of drug-likeness (QED) is 0.773. The summed E-state index contributed by atoms with van der Waals surface area (Å²) in [5.74, 6) is -0.467. The fourth-order valence-electron chi connectivity index (χ4n) is 2.43. The zero-order valence-electron chi connectivity index (χ0n) is 11.6. The molecular weight excluding hydrogens is 340 g/mol. The molecule has 114 valence electrons. The number of methoxy groups -OCH3 is 1. The molecule has 0 aliphatic heterocycles. The standard InChI is InChI=1S/C14H17BrN2O4/c1-21-12-5-4-10(7-11(12)15)17-14(20)16-9-3-2-8(6-9)13(18)19/h4-5,7-9H,2-3,6H2,1H3,(H,18,19)(H2,16,17,20). The first kappa shape index (κ1) is 15.6. The zero-order valence-corrected chi connectivity index (χ0v) is 13.1. The Labute approximate surface area is 131 Å². The van der Waals surface area contributed by atoms with E-state index >= 15 is 0 Å². The van der Waals surface area contributed by atoms with Gasteiger partial charge >= 0.3 is 12.0 Å². The lowest BCUT2D eigenvalue weighted by Crippen LogP contribution is -2.36. The highest BCUT2D eigenvalue weighted by Crippen LogP contribution is 2.28. The van der Waals surface area contributed by atoms with E-state index < -0.39 is 5.97 Å². The molecule has 2 atom stereocenters. The number of carboxylic acid groups (broad SMARTS) is 1. The molecule has 1 aliphatic carbocycles. The minimum atomic E-state index is -0.793. The lowest BCUT2D eigenvalue weighted by Gasteiger charge is -2.14. The van der Waals surface area contributed by atoms with Gasteiger partial charge in [0.15, 0.2) is 0 Å². The number of aliphatic carboxylic acids is 1. The highest BCUT2D eigenvalue weighted by molar-refractivity contribution is 9.10. The summed E-state index contributed by atoms with van der Waals surface area (Å²) in [6.45, 7) is 0. The highest BCUT2D eigenvalue weighted by atomic mass is 79.9. The molecule has 0 radical (unpaired) electrons. The molecule has 2 rings (SSSR count). The number of halogens is 1. The number of carbonyl (C=O) groups excluding carboxylic acids is 1. The first-order valence-electron chi connectivity index (χ1n) is 6.63. The van der Waals surface area contributed by atoms with Crippen LogP contribution in [0.15, 0.2) is 22.7 Å². The lowest BCUT2D eigenvalue weighted by atomic mass is 10.1. The van der Waals surface area contributed by atoms with Crippen LogP contribution in [0, 0.1) is 5.92 Å². The fourth-order valence-corrected chi connectivity index (χ4v) is 2.97. The van der Waals surface area contributed by atoms with E-state index in [1.165, 1.54) is 0 Å².